The van der Waals surface area contributed by atoms with Crippen LogP contribution in [0, 0.1) is 0 Å². The van der Waals surface area contributed by atoms with Crippen LogP contribution < -0.4 is 19.7 Å². The van der Waals surface area contributed by atoms with Gasteiger partial charge in [0.15, 0.2) is 5.16 Å². The Hall–Kier alpha value is -2.46. The average molecular weight is 490 g/mol. The third kappa shape index (κ3) is 5.96. The maximum atomic E-state index is 12.8. The van der Waals surface area contributed by atoms with Gasteiger partial charge in [-0.3, -0.25) is 9.36 Å². The zero-order chi connectivity index (χ0) is 23.9. The Morgan fingerprint density at radius 3 is 2.74 bits per heavy atom. The van der Waals surface area contributed by atoms with E-state index in [2.05, 4.69) is 25.0 Å². The quantitative estimate of drug-likeness (QED) is 0.508. The van der Waals surface area contributed by atoms with Gasteiger partial charge >= 0.3 is 0 Å². The largest absolute Gasteiger partial charge is 0.497 e. The number of methoxy groups -OCH3 is 2. The van der Waals surface area contributed by atoms with E-state index in [1.165, 1.54) is 31.0 Å². The number of anilines is 1. The molecule has 0 radical (unpaired) electrons. The molecule has 1 amide bonds. The molecule has 1 N–H and O–H groups in total. The van der Waals surface area contributed by atoms with Crippen molar-refractivity contribution in [1.29, 1.82) is 0 Å². The normalized spacial score (nSPS) is 19.1. The fourth-order valence-electron chi connectivity index (χ4n) is 4.54. The zero-order valence-corrected chi connectivity index (χ0v) is 21.1. The number of nitrogens with zero attached hydrogens (tertiary/aromatic N) is 4. The van der Waals surface area contributed by atoms with E-state index in [1.807, 2.05) is 25.1 Å². The van der Waals surface area contributed by atoms with Crippen LogP contribution in [0.1, 0.15) is 50.6 Å². The summed E-state index contributed by atoms with van der Waals surface area (Å²) >= 11 is 1.42. The van der Waals surface area contributed by atoms with Gasteiger partial charge in [-0.1, -0.05) is 11.8 Å². The first-order valence-electron chi connectivity index (χ1n) is 12.0. The van der Waals surface area contributed by atoms with Crippen molar-refractivity contribution in [3.63, 3.8) is 0 Å². The minimum atomic E-state index is -0.230. The molecule has 2 aromatic rings. The number of rotatable bonds is 10. The van der Waals surface area contributed by atoms with Crippen LogP contribution >= 0.6 is 11.8 Å². The summed E-state index contributed by atoms with van der Waals surface area (Å²) in [5.74, 6) is 2.50. The molecule has 2 aliphatic heterocycles. The number of hydrogen-bond donors (Lipinski definition) is 1. The molecule has 4 rings (SSSR count). The Morgan fingerprint density at radius 1 is 1.21 bits per heavy atom. The first kappa shape index (κ1) is 24.7. The van der Waals surface area contributed by atoms with Gasteiger partial charge in [0.2, 0.25) is 11.9 Å². The first-order valence-corrected chi connectivity index (χ1v) is 13.0. The molecule has 1 aromatic carbocycles. The second-order valence-electron chi connectivity index (χ2n) is 8.76. The molecular weight excluding hydrogens is 454 g/mol. The number of benzene rings is 1. The summed E-state index contributed by atoms with van der Waals surface area (Å²) in [6.07, 6.45) is 5.90. The summed E-state index contributed by atoms with van der Waals surface area (Å²) in [5.41, 5.74) is 0.870. The fraction of sp³-hybridized carbons (Fsp3) is 0.625. The summed E-state index contributed by atoms with van der Waals surface area (Å²) in [6.45, 7) is 5.46. The Bertz CT molecular complexity index is 957. The average Bonchev–Trinajstić information content (AvgIpc) is 3.53. The molecule has 10 heteroatoms. The molecule has 0 aliphatic carbocycles. The van der Waals surface area contributed by atoms with Crippen LogP contribution in [0.25, 0.3) is 0 Å². The molecule has 0 unspecified atom stereocenters. The fourth-order valence-corrected chi connectivity index (χ4v) is 5.29. The molecule has 34 heavy (non-hydrogen) atoms. The summed E-state index contributed by atoms with van der Waals surface area (Å²) in [5, 5.41) is 12.8. The summed E-state index contributed by atoms with van der Waals surface area (Å²) in [4.78, 5) is 15.1. The Balaban J connectivity index is 1.42. The van der Waals surface area contributed by atoms with Gasteiger partial charge in [0.05, 0.1) is 38.7 Å². The first-order chi connectivity index (χ1) is 16.6. The zero-order valence-electron chi connectivity index (χ0n) is 20.3. The molecule has 186 valence electrons. The number of nitrogens with one attached hydrogen (secondary N) is 1. The summed E-state index contributed by atoms with van der Waals surface area (Å²) < 4.78 is 18.8. The number of aromatic nitrogens is 3. The third-order valence-electron chi connectivity index (χ3n) is 6.36. The lowest BCUT2D eigenvalue weighted by molar-refractivity contribution is -0.119. The highest BCUT2D eigenvalue weighted by Gasteiger charge is 2.25. The number of carbonyl (C=O) groups is 1. The van der Waals surface area contributed by atoms with Crippen molar-refractivity contribution >= 4 is 23.6 Å². The van der Waals surface area contributed by atoms with E-state index in [0.717, 1.165) is 61.5 Å². The van der Waals surface area contributed by atoms with Crippen LogP contribution in [0.5, 0.6) is 11.5 Å². The summed E-state index contributed by atoms with van der Waals surface area (Å²) in [6, 6.07) is 5.35. The van der Waals surface area contributed by atoms with Crippen LogP contribution in [0.2, 0.25) is 0 Å². The highest BCUT2D eigenvalue weighted by Crippen LogP contribution is 2.30. The van der Waals surface area contributed by atoms with Gasteiger partial charge in [0.25, 0.3) is 0 Å². The minimum Gasteiger partial charge on any atom is -0.497 e. The number of hydrogen-bond acceptors (Lipinski definition) is 8. The van der Waals surface area contributed by atoms with Crippen molar-refractivity contribution in [2.45, 2.75) is 62.9 Å². The number of thioether (sulfide) groups is 1. The lowest BCUT2D eigenvalue weighted by Crippen LogP contribution is -2.33. The molecule has 0 saturated carbocycles. The molecule has 0 bridgehead atoms. The topological polar surface area (TPSA) is 90.7 Å². The van der Waals surface area contributed by atoms with E-state index < -0.39 is 0 Å². The van der Waals surface area contributed by atoms with E-state index in [-0.39, 0.29) is 23.8 Å². The van der Waals surface area contributed by atoms with Crippen molar-refractivity contribution in [2.75, 3.05) is 44.6 Å². The Kier molecular flexibility index (Phi) is 8.55. The Labute approximate surface area is 205 Å². The Morgan fingerprint density at radius 2 is 2.03 bits per heavy atom. The molecule has 2 aliphatic rings. The second-order valence-corrected chi connectivity index (χ2v) is 9.70. The van der Waals surface area contributed by atoms with Gasteiger partial charge in [-0.05, 0) is 57.2 Å². The van der Waals surface area contributed by atoms with Crippen LogP contribution in [-0.2, 0) is 16.1 Å². The monoisotopic (exact) mass is 489 g/mol. The van der Waals surface area contributed by atoms with E-state index in [1.54, 1.807) is 14.2 Å². The van der Waals surface area contributed by atoms with Gasteiger partial charge in [-0.25, -0.2) is 0 Å². The molecular formula is C24H35N5O4S. The van der Waals surface area contributed by atoms with Gasteiger partial charge < -0.3 is 24.4 Å². The molecule has 3 heterocycles. The smallest absolute Gasteiger partial charge is 0.230 e. The van der Waals surface area contributed by atoms with Gasteiger partial charge in [0.1, 0.15) is 11.5 Å². The number of piperidine rings is 1. The van der Waals surface area contributed by atoms with Crippen LogP contribution in [-0.4, -0.2) is 66.4 Å². The minimum absolute atomic E-state index is 0.0754. The van der Waals surface area contributed by atoms with Crippen molar-refractivity contribution in [3.8, 4) is 11.5 Å². The van der Waals surface area contributed by atoms with Crippen molar-refractivity contribution in [2.24, 2.45) is 0 Å². The van der Waals surface area contributed by atoms with Crippen LogP contribution in [0.4, 0.5) is 5.95 Å². The molecule has 0 spiro atoms. The van der Waals surface area contributed by atoms with Crippen molar-refractivity contribution < 1.29 is 19.0 Å². The van der Waals surface area contributed by atoms with Crippen molar-refractivity contribution in [3.05, 3.63) is 23.8 Å². The predicted octanol–water partition coefficient (Wildman–Crippen LogP) is 3.43. The maximum Gasteiger partial charge on any atom is 0.230 e. The lowest BCUT2D eigenvalue weighted by atomic mass is 10.1. The third-order valence-corrected chi connectivity index (χ3v) is 7.33. The molecule has 2 saturated heterocycles. The van der Waals surface area contributed by atoms with Gasteiger partial charge in [-0.15, -0.1) is 10.2 Å². The van der Waals surface area contributed by atoms with E-state index in [9.17, 15) is 4.79 Å². The molecule has 1 aromatic heterocycles. The highest BCUT2D eigenvalue weighted by atomic mass is 32.2. The molecule has 2 fully saturated rings. The summed E-state index contributed by atoms with van der Waals surface area (Å²) in [7, 11) is 3.24. The standard InChI is InChI=1S/C24H35N5O4S/c1-17(20-14-18(31-2)9-10-21(20)32-3)25-22(30)16-34-24-27-26-23(28-11-5-4-6-12-28)29(24)15-19-8-7-13-33-19/h9-10,14,17,19H,4-8,11-13,15-16H2,1-3H3,(H,25,30)/t17-,19+/m1/s1. The number of carbonyl (C=O) groups excluding carboxylic acids is 1. The molecule has 9 nitrogen and oxygen atoms in total. The van der Waals surface area contributed by atoms with E-state index in [4.69, 9.17) is 14.2 Å². The predicted molar refractivity (Wildman–Crippen MR) is 132 cm³/mol. The maximum absolute atomic E-state index is 12.8. The number of ether oxygens (including phenoxy) is 3. The highest BCUT2D eigenvalue weighted by molar-refractivity contribution is 7.99. The van der Waals surface area contributed by atoms with E-state index in [0.29, 0.717) is 5.75 Å². The lowest BCUT2D eigenvalue weighted by Gasteiger charge is -2.28. The van der Waals surface area contributed by atoms with Gasteiger partial charge in [0, 0.05) is 25.3 Å². The second kappa shape index (κ2) is 11.8. The number of amides is 1. The van der Waals surface area contributed by atoms with E-state index >= 15 is 0 Å². The van der Waals surface area contributed by atoms with Gasteiger partial charge in [-0.2, -0.15) is 0 Å². The SMILES string of the molecule is COc1ccc(OC)c([C@@H](C)NC(=O)CSc2nnc(N3CCCCC3)n2C[C@@H]2CCCO2)c1. The van der Waals surface area contributed by atoms with Crippen LogP contribution in [0.15, 0.2) is 23.4 Å². The van der Waals surface area contributed by atoms with Crippen molar-refractivity contribution in [1.82, 2.24) is 20.1 Å². The van der Waals surface area contributed by atoms with Crippen LogP contribution in [0.3, 0.4) is 0 Å². The molecule has 2 atom stereocenters.